The summed E-state index contributed by atoms with van der Waals surface area (Å²) in [6.07, 6.45) is 0.862. The fraction of sp³-hybridized carbons (Fsp3) is 0.500. The lowest BCUT2D eigenvalue weighted by molar-refractivity contribution is 0.333. The van der Waals surface area contributed by atoms with Crippen molar-refractivity contribution in [1.29, 1.82) is 0 Å². The van der Waals surface area contributed by atoms with E-state index in [4.69, 9.17) is 11.6 Å². The van der Waals surface area contributed by atoms with E-state index >= 15 is 0 Å². The minimum absolute atomic E-state index is 0.0872. The molecule has 0 aliphatic carbocycles. The van der Waals surface area contributed by atoms with E-state index in [9.17, 15) is 0 Å². The maximum Gasteiger partial charge on any atom is 0.243 e. The number of hydrogen-bond acceptors (Lipinski definition) is 4. The van der Waals surface area contributed by atoms with Gasteiger partial charge in [-0.1, -0.05) is 32.9 Å². The summed E-state index contributed by atoms with van der Waals surface area (Å²) in [6.45, 7) is 6.52. The van der Waals surface area contributed by atoms with Gasteiger partial charge in [-0.25, -0.2) is 4.98 Å². The van der Waals surface area contributed by atoms with E-state index in [1.165, 1.54) is 0 Å². The van der Waals surface area contributed by atoms with Crippen LogP contribution >= 0.6 is 11.6 Å². The lowest BCUT2D eigenvalue weighted by Gasteiger charge is -2.30. The molecule has 0 aliphatic heterocycles. The lowest BCUT2D eigenvalue weighted by atomic mass is 9.85. The van der Waals surface area contributed by atoms with Crippen molar-refractivity contribution in [2.24, 2.45) is 5.41 Å². The first-order valence-corrected chi connectivity index (χ1v) is 6.96. The Hall–Kier alpha value is -1.42. The molecule has 0 bridgehead atoms. The molecule has 1 heterocycles. The van der Waals surface area contributed by atoms with Crippen LogP contribution in [0.5, 0.6) is 0 Å². The number of hydrogen-bond donors (Lipinski definition) is 1. The van der Waals surface area contributed by atoms with E-state index in [1.807, 2.05) is 24.3 Å². The molecular weight excluding hydrogens is 260 g/mol. The van der Waals surface area contributed by atoms with Gasteiger partial charge in [-0.2, -0.15) is 0 Å². The topological polar surface area (TPSA) is 50.7 Å². The highest BCUT2D eigenvalue weighted by atomic mass is 35.5. The van der Waals surface area contributed by atoms with Crippen LogP contribution in [0, 0.1) is 5.41 Å². The number of nitrogens with one attached hydrogen (secondary N) is 1. The van der Waals surface area contributed by atoms with Crippen molar-refractivity contribution in [2.75, 3.05) is 11.2 Å². The number of fused-ring (bicyclic) bond motifs is 1. The molecular formula is C14H19ClN4. The largest absolute Gasteiger partial charge is 0.350 e. The Kier molecular flexibility index (Phi) is 4.20. The molecule has 0 amide bonds. The van der Waals surface area contributed by atoms with E-state index < -0.39 is 0 Å². The summed E-state index contributed by atoms with van der Waals surface area (Å²) in [5.41, 5.74) is 1.74. The van der Waals surface area contributed by atoms with E-state index in [1.54, 1.807) is 0 Å². The fourth-order valence-corrected chi connectivity index (χ4v) is 2.15. The quantitative estimate of drug-likeness (QED) is 0.870. The van der Waals surface area contributed by atoms with E-state index in [0.29, 0.717) is 11.8 Å². The van der Waals surface area contributed by atoms with Gasteiger partial charge in [0.2, 0.25) is 5.95 Å². The van der Waals surface area contributed by atoms with Crippen molar-refractivity contribution in [3.63, 3.8) is 0 Å². The standard InChI is InChI=1S/C14H19ClN4/c1-14(2,3)12(8-9-15)17-13-16-10-6-4-5-7-11(10)18-19-13/h4-7,12H,8-9H2,1-3H3,(H,16,17,19). The first kappa shape index (κ1) is 14.0. The summed E-state index contributed by atoms with van der Waals surface area (Å²) < 4.78 is 0. The van der Waals surface area contributed by atoms with Crippen LogP contribution in [-0.2, 0) is 0 Å². The Bertz CT molecular complexity index is 550. The molecule has 0 fully saturated rings. The van der Waals surface area contributed by atoms with Crippen molar-refractivity contribution in [3.8, 4) is 0 Å². The van der Waals surface area contributed by atoms with Gasteiger partial charge in [0, 0.05) is 11.9 Å². The summed E-state index contributed by atoms with van der Waals surface area (Å²) in [5.74, 6) is 1.17. The first-order valence-electron chi connectivity index (χ1n) is 6.42. The third kappa shape index (κ3) is 3.53. The van der Waals surface area contributed by atoms with Gasteiger partial charge in [-0.05, 0) is 24.0 Å². The van der Waals surface area contributed by atoms with Crippen molar-refractivity contribution in [2.45, 2.75) is 33.2 Å². The van der Waals surface area contributed by atoms with Gasteiger partial charge in [0.15, 0.2) is 0 Å². The second kappa shape index (κ2) is 5.70. The molecule has 102 valence electrons. The van der Waals surface area contributed by atoms with Gasteiger partial charge in [0.05, 0.1) is 5.52 Å². The summed E-state index contributed by atoms with van der Waals surface area (Å²) in [4.78, 5) is 4.48. The minimum Gasteiger partial charge on any atom is -0.350 e. The molecule has 1 aromatic heterocycles. The minimum atomic E-state index is 0.0872. The predicted molar refractivity (Wildman–Crippen MR) is 79.5 cm³/mol. The fourth-order valence-electron chi connectivity index (χ4n) is 1.93. The SMILES string of the molecule is CC(C)(C)C(CCCl)Nc1nnc2ccccc2n1. The van der Waals surface area contributed by atoms with Gasteiger partial charge in [-0.3, -0.25) is 0 Å². The van der Waals surface area contributed by atoms with Crippen LogP contribution in [0.15, 0.2) is 24.3 Å². The summed E-state index contributed by atoms with van der Waals surface area (Å²) in [7, 11) is 0. The molecule has 5 heteroatoms. The van der Waals surface area contributed by atoms with Crippen LogP contribution < -0.4 is 5.32 Å². The maximum atomic E-state index is 5.87. The zero-order chi connectivity index (χ0) is 13.9. The molecule has 1 N–H and O–H groups in total. The molecule has 1 atom stereocenters. The number of rotatable bonds is 4. The van der Waals surface area contributed by atoms with Gasteiger partial charge >= 0.3 is 0 Å². The Balaban J connectivity index is 2.23. The van der Waals surface area contributed by atoms with Crippen LogP contribution in [0.1, 0.15) is 27.2 Å². The van der Waals surface area contributed by atoms with Crippen molar-refractivity contribution >= 4 is 28.6 Å². The molecule has 0 radical (unpaired) electrons. The van der Waals surface area contributed by atoms with Crippen LogP contribution in [-0.4, -0.2) is 27.1 Å². The zero-order valence-corrected chi connectivity index (χ0v) is 12.3. The van der Waals surface area contributed by atoms with E-state index in [0.717, 1.165) is 17.5 Å². The normalized spacial score (nSPS) is 13.5. The number of nitrogens with zero attached hydrogens (tertiary/aromatic N) is 3. The Morgan fingerprint density at radius 2 is 1.84 bits per heavy atom. The summed E-state index contributed by atoms with van der Waals surface area (Å²) in [6, 6.07) is 7.92. The van der Waals surface area contributed by atoms with E-state index in [-0.39, 0.29) is 11.5 Å². The highest BCUT2D eigenvalue weighted by molar-refractivity contribution is 6.17. The second-order valence-electron chi connectivity index (χ2n) is 5.66. The van der Waals surface area contributed by atoms with Crippen molar-refractivity contribution in [1.82, 2.24) is 15.2 Å². The second-order valence-corrected chi connectivity index (χ2v) is 6.04. The monoisotopic (exact) mass is 278 g/mol. The van der Waals surface area contributed by atoms with E-state index in [2.05, 4.69) is 41.3 Å². The zero-order valence-electron chi connectivity index (χ0n) is 11.5. The number of alkyl halides is 1. The highest BCUT2D eigenvalue weighted by Crippen LogP contribution is 2.25. The van der Waals surface area contributed by atoms with Crippen LogP contribution in [0.2, 0.25) is 0 Å². The third-order valence-corrected chi connectivity index (χ3v) is 3.33. The number of para-hydroxylation sites is 1. The molecule has 0 aliphatic rings. The summed E-state index contributed by atoms with van der Waals surface area (Å²) >= 11 is 5.87. The smallest absolute Gasteiger partial charge is 0.243 e. The number of benzene rings is 1. The van der Waals surface area contributed by atoms with Gasteiger partial charge in [-0.15, -0.1) is 21.8 Å². The van der Waals surface area contributed by atoms with Crippen molar-refractivity contribution in [3.05, 3.63) is 24.3 Å². The highest BCUT2D eigenvalue weighted by Gasteiger charge is 2.24. The Labute approximate surface area is 118 Å². The van der Waals surface area contributed by atoms with Crippen LogP contribution in [0.3, 0.4) is 0 Å². The van der Waals surface area contributed by atoms with Crippen LogP contribution in [0.25, 0.3) is 11.0 Å². The molecule has 0 spiro atoms. The average Bonchev–Trinajstić information content (AvgIpc) is 2.37. The molecule has 0 saturated heterocycles. The van der Waals surface area contributed by atoms with Gasteiger partial charge in [0.25, 0.3) is 0 Å². The Morgan fingerprint density at radius 3 is 2.47 bits per heavy atom. The molecule has 4 nitrogen and oxygen atoms in total. The van der Waals surface area contributed by atoms with Crippen molar-refractivity contribution < 1.29 is 0 Å². The predicted octanol–water partition coefficient (Wildman–Crippen LogP) is 3.48. The molecule has 2 aromatic rings. The first-order chi connectivity index (χ1) is 9.00. The molecule has 19 heavy (non-hydrogen) atoms. The third-order valence-electron chi connectivity index (χ3n) is 3.11. The Morgan fingerprint density at radius 1 is 1.16 bits per heavy atom. The van der Waals surface area contributed by atoms with Crippen LogP contribution in [0.4, 0.5) is 5.95 Å². The molecule has 1 unspecified atom stereocenters. The number of halogens is 1. The maximum absolute atomic E-state index is 5.87. The molecule has 1 aromatic carbocycles. The molecule has 0 saturated carbocycles. The summed E-state index contributed by atoms with van der Waals surface area (Å²) in [5, 5.41) is 11.6. The average molecular weight is 279 g/mol. The van der Waals surface area contributed by atoms with Gasteiger partial charge in [0.1, 0.15) is 5.52 Å². The molecule has 2 rings (SSSR count). The van der Waals surface area contributed by atoms with Gasteiger partial charge < -0.3 is 5.32 Å². The lowest BCUT2D eigenvalue weighted by Crippen LogP contribution is -2.35. The number of aromatic nitrogens is 3. The number of anilines is 1.